The van der Waals surface area contributed by atoms with Gasteiger partial charge in [0.05, 0.1) is 0 Å². The maximum atomic E-state index is 13.7. The topological polar surface area (TPSA) is 66.9 Å². The van der Waals surface area contributed by atoms with Crippen LogP contribution in [0, 0.1) is 11.6 Å². The van der Waals surface area contributed by atoms with E-state index in [1.54, 1.807) is 0 Å². The first-order valence-electron chi connectivity index (χ1n) is 8.62. The van der Waals surface area contributed by atoms with Crippen LogP contribution in [0.2, 0.25) is 0 Å². The van der Waals surface area contributed by atoms with Gasteiger partial charge in [-0.15, -0.1) is 0 Å². The molecule has 0 bridgehead atoms. The normalized spacial score (nSPS) is 13.8. The zero-order valence-corrected chi connectivity index (χ0v) is 14.3. The van der Waals surface area contributed by atoms with Crippen molar-refractivity contribution in [2.45, 2.75) is 32.1 Å². The van der Waals surface area contributed by atoms with Gasteiger partial charge in [0.15, 0.2) is 0 Å². The summed E-state index contributed by atoms with van der Waals surface area (Å²) in [6.45, 7) is 0.527. The number of aromatic nitrogens is 2. The highest BCUT2D eigenvalue weighted by Gasteiger charge is 2.12. The van der Waals surface area contributed by atoms with E-state index in [1.165, 1.54) is 36.9 Å². The number of nitrogens with zero attached hydrogens (tertiary/aromatic N) is 2. The predicted octanol–water partition coefficient (Wildman–Crippen LogP) is 4.12. The number of para-hydroxylation sites is 1. The Morgan fingerprint density at radius 3 is 2.69 bits per heavy atom. The summed E-state index contributed by atoms with van der Waals surface area (Å²) in [6.07, 6.45) is 8.87. The van der Waals surface area contributed by atoms with E-state index in [0.29, 0.717) is 6.54 Å². The lowest BCUT2D eigenvalue weighted by molar-refractivity contribution is 0.0949. The minimum Gasteiger partial charge on any atom is -0.350 e. The molecule has 0 aliphatic heterocycles. The number of allylic oxidation sites excluding steroid dienone is 1. The molecule has 2 N–H and O–H groups in total. The number of hydrogen-bond donors (Lipinski definition) is 2. The molecule has 1 aliphatic carbocycles. The van der Waals surface area contributed by atoms with Crippen molar-refractivity contribution in [3.8, 4) is 0 Å². The number of carbonyl (C=O) groups excluding carboxylic acids is 1. The summed E-state index contributed by atoms with van der Waals surface area (Å²) in [4.78, 5) is 20.1. The van der Waals surface area contributed by atoms with Crippen LogP contribution >= 0.6 is 0 Å². The van der Waals surface area contributed by atoms with E-state index in [2.05, 4.69) is 26.7 Å². The first-order chi connectivity index (χ1) is 12.6. The third-order valence-corrected chi connectivity index (χ3v) is 4.23. The average Bonchev–Trinajstić information content (AvgIpc) is 2.66. The molecule has 5 nitrogen and oxygen atoms in total. The summed E-state index contributed by atoms with van der Waals surface area (Å²) in [5.41, 5.74) is 1.19. The first kappa shape index (κ1) is 18.0. The Bertz CT molecular complexity index is 803. The van der Waals surface area contributed by atoms with E-state index in [1.807, 2.05) is 0 Å². The van der Waals surface area contributed by atoms with E-state index in [4.69, 9.17) is 0 Å². The van der Waals surface area contributed by atoms with E-state index in [9.17, 15) is 13.6 Å². The molecule has 1 amide bonds. The third kappa shape index (κ3) is 4.62. The van der Waals surface area contributed by atoms with Gasteiger partial charge in [-0.1, -0.05) is 17.7 Å². The molecule has 1 aromatic heterocycles. The minimum absolute atomic E-state index is 0.136. The van der Waals surface area contributed by atoms with Crippen LogP contribution in [-0.2, 0) is 0 Å². The molecule has 136 valence electrons. The lowest BCUT2D eigenvalue weighted by Gasteiger charge is -2.13. The van der Waals surface area contributed by atoms with Crippen LogP contribution in [0.15, 0.2) is 42.2 Å². The Balaban J connectivity index is 1.61. The van der Waals surface area contributed by atoms with Gasteiger partial charge in [0.25, 0.3) is 5.91 Å². The van der Waals surface area contributed by atoms with Gasteiger partial charge in [0, 0.05) is 12.6 Å². The molecule has 0 radical (unpaired) electrons. The maximum Gasteiger partial charge on any atom is 0.270 e. The number of hydrogen-bond acceptors (Lipinski definition) is 4. The average molecular weight is 358 g/mol. The molecular weight excluding hydrogens is 338 g/mol. The van der Waals surface area contributed by atoms with E-state index in [0.717, 1.165) is 31.4 Å². The summed E-state index contributed by atoms with van der Waals surface area (Å²) in [7, 11) is 0. The molecule has 0 fully saturated rings. The molecule has 0 unspecified atom stereocenters. The smallest absolute Gasteiger partial charge is 0.270 e. The zero-order valence-electron chi connectivity index (χ0n) is 14.3. The van der Waals surface area contributed by atoms with E-state index >= 15 is 0 Å². The Morgan fingerprint density at radius 1 is 1.15 bits per heavy atom. The van der Waals surface area contributed by atoms with Crippen molar-refractivity contribution < 1.29 is 13.6 Å². The van der Waals surface area contributed by atoms with Crippen LogP contribution < -0.4 is 10.6 Å². The van der Waals surface area contributed by atoms with E-state index in [-0.39, 0.29) is 23.1 Å². The highest BCUT2D eigenvalue weighted by molar-refractivity contribution is 5.92. The summed E-state index contributed by atoms with van der Waals surface area (Å²) >= 11 is 0. The van der Waals surface area contributed by atoms with Gasteiger partial charge in [-0.3, -0.25) is 4.79 Å². The molecule has 1 aromatic carbocycles. The van der Waals surface area contributed by atoms with Crippen molar-refractivity contribution in [3.05, 3.63) is 59.6 Å². The molecule has 0 saturated heterocycles. The third-order valence-electron chi connectivity index (χ3n) is 4.23. The van der Waals surface area contributed by atoms with Gasteiger partial charge in [-0.25, -0.2) is 18.7 Å². The molecule has 2 aromatic rings. The molecule has 1 aliphatic rings. The molecule has 7 heteroatoms. The van der Waals surface area contributed by atoms with Crippen LogP contribution in [0.1, 0.15) is 42.6 Å². The Kier molecular flexibility index (Phi) is 5.88. The van der Waals surface area contributed by atoms with Gasteiger partial charge in [0.2, 0.25) is 0 Å². The van der Waals surface area contributed by atoms with Crippen LogP contribution in [-0.4, -0.2) is 22.4 Å². The van der Waals surface area contributed by atoms with Crippen molar-refractivity contribution in [3.63, 3.8) is 0 Å². The first-order valence-corrected chi connectivity index (χ1v) is 8.62. The second-order valence-electron chi connectivity index (χ2n) is 6.12. The van der Waals surface area contributed by atoms with Gasteiger partial charge >= 0.3 is 0 Å². The maximum absolute atomic E-state index is 13.7. The minimum atomic E-state index is -0.740. The molecular formula is C19H20F2N4O. The molecule has 1 heterocycles. The number of nitrogens with one attached hydrogen (secondary N) is 2. The quantitative estimate of drug-likeness (QED) is 0.763. The number of rotatable bonds is 6. The fourth-order valence-electron chi connectivity index (χ4n) is 2.85. The van der Waals surface area contributed by atoms with Crippen LogP contribution in [0.4, 0.5) is 20.3 Å². The zero-order chi connectivity index (χ0) is 18.4. The standard InChI is InChI=1S/C19H20F2N4O/c20-14-7-4-8-15(21)18(14)25-17-11-16(23-12-24-17)19(26)22-10-9-13-5-2-1-3-6-13/h4-5,7-8,11-12H,1-3,6,9-10H2,(H,22,26)(H,23,24,25). The number of anilines is 2. The highest BCUT2D eigenvalue weighted by Crippen LogP contribution is 2.22. The van der Waals surface area contributed by atoms with Crippen LogP contribution in [0.25, 0.3) is 0 Å². The molecule has 0 atom stereocenters. The fraction of sp³-hybridized carbons (Fsp3) is 0.316. The Hall–Kier alpha value is -2.83. The van der Waals surface area contributed by atoms with Gasteiger partial charge in [-0.2, -0.15) is 0 Å². The molecule has 3 rings (SSSR count). The SMILES string of the molecule is O=C(NCCC1=CCCCC1)c1cc(Nc2c(F)cccc2F)ncn1. The van der Waals surface area contributed by atoms with Crippen molar-refractivity contribution in [1.29, 1.82) is 0 Å². The summed E-state index contributed by atoms with van der Waals surface area (Å²) in [6, 6.07) is 4.91. The molecule has 26 heavy (non-hydrogen) atoms. The fourth-order valence-corrected chi connectivity index (χ4v) is 2.85. The van der Waals surface area contributed by atoms with E-state index < -0.39 is 11.6 Å². The second kappa shape index (κ2) is 8.51. The Morgan fingerprint density at radius 2 is 1.96 bits per heavy atom. The molecule has 0 saturated carbocycles. The second-order valence-corrected chi connectivity index (χ2v) is 6.12. The largest absolute Gasteiger partial charge is 0.350 e. The van der Waals surface area contributed by atoms with Crippen molar-refractivity contribution in [2.24, 2.45) is 0 Å². The number of carbonyl (C=O) groups is 1. The summed E-state index contributed by atoms with van der Waals surface area (Å²) in [5.74, 6) is -1.68. The summed E-state index contributed by atoms with van der Waals surface area (Å²) in [5, 5.41) is 5.37. The van der Waals surface area contributed by atoms with Crippen LogP contribution in [0.5, 0.6) is 0 Å². The van der Waals surface area contributed by atoms with Gasteiger partial charge < -0.3 is 10.6 Å². The highest BCUT2D eigenvalue weighted by atomic mass is 19.1. The van der Waals surface area contributed by atoms with Gasteiger partial charge in [0.1, 0.15) is 35.2 Å². The molecule has 0 spiro atoms. The summed E-state index contributed by atoms with van der Waals surface area (Å²) < 4.78 is 27.4. The number of halogens is 2. The number of amides is 1. The lowest BCUT2D eigenvalue weighted by atomic mass is 9.97. The van der Waals surface area contributed by atoms with Crippen LogP contribution in [0.3, 0.4) is 0 Å². The predicted molar refractivity (Wildman–Crippen MR) is 95.2 cm³/mol. The van der Waals surface area contributed by atoms with Gasteiger partial charge in [-0.05, 0) is 44.2 Å². The van der Waals surface area contributed by atoms with Crippen molar-refractivity contribution >= 4 is 17.4 Å². The monoisotopic (exact) mass is 358 g/mol. The number of benzene rings is 1. The Labute approximate surface area is 150 Å². The van der Waals surface area contributed by atoms with Crippen molar-refractivity contribution in [2.75, 3.05) is 11.9 Å². The lowest BCUT2D eigenvalue weighted by Crippen LogP contribution is -2.26. The van der Waals surface area contributed by atoms with Crippen molar-refractivity contribution in [1.82, 2.24) is 15.3 Å².